The Morgan fingerprint density at radius 2 is 2.00 bits per heavy atom. The number of nitrogen functional groups attached to an aromatic ring is 1. The molecule has 0 saturated carbocycles. The molecule has 0 heterocycles. The van der Waals surface area contributed by atoms with Gasteiger partial charge in [-0.1, -0.05) is 18.2 Å². The number of nitrogens with two attached hydrogens (primary N) is 1. The van der Waals surface area contributed by atoms with E-state index in [-0.39, 0.29) is 5.91 Å². The zero-order valence-corrected chi connectivity index (χ0v) is 12.7. The van der Waals surface area contributed by atoms with Crippen molar-refractivity contribution in [3.8, 4) is 5.75 Å². The van der Waals surface area contributed by atoms with Crippen molar-refractivity contribution < 1.29 is 9.53 Å². The van der Waals surface area contributed by atoms with Crippen molar-refractivity contribution in [3.63, 3.8) is 0 Å². The highest BCUT2D eigenvalue weighted by Gasteiger charge is 2.06. The number of anilines is 2. The Bertz CT molecular complexity index is 602. The molecule has 4 nitrogen and oxygen atoms in total. The molecular formula is C16H18N2O2S. The first-order valence-electron chi connectivity index (χ1n) is 6.60. The highest BCUT2D eigenvalue weighted by molar-refractivity contribution is 7.99. The minimum absolute atomic E-state index is 0.0460. The van der Waals surface area contributed by atoms with Crippen LogP contribution in [0, 0.1) is 0 Å². The highest BCUT2D eigenvalue weighted by Crippen LogP contribution is 2.24. The van der Waals surface area contributed by atoms with Gasteiger partial charge in [0.05, 0.1) is 18.5 Å². The van der Waals surface area contributed by atoms with Gasteiger partial charge in [0, 0.05) is 23.1 Å². The number of carbonyl (C=O) groups excluding carboxylic acids is 1. The summed E-state index contributed by atoms with van der Waals surface area (Å²) in [5.41, 5.74) is 6.98. The van der Waals surface area contributed by atoms with E-state index in [1.807, 2.05) is 30.3 Å². The number of nitrogens with one attached hydrogen (secondary N) is 1. The Balaban J connectivity index is 1.82. The predicted molar refractivity (Wildman–Crippen MR) is 87.8 cm³/mol. The van der Waals surface area contributed by atoms with Gasteiger partial charge < -0.3 is 15.8 Å². The minimum Gasteiger partial charge on any atom is -0.497 e. The fraction of sp³-hybridized carbons (Fsp3) is 0.188. The Labute approximate surface area is 128 Å². The van der Waals surface area contributed by atoms with Gasteiger partial charge >= 0.3 is 0 Å². The molecule has 0 atom stereocenters. The molecule has 3 N–H and O–H groups in total. The standard InChI is InChI=1S/C16H18N2O2S/c1-20-12-7-8-15(14(17)11-12)18-16(19)9-10-21-13-5-3-2-4-6-13/h2-8,11H,9-10,17H2,1H3,(H,18,19). The third-order valence-electron chi connectivity index (χ3n) is 2.87. The van der Waals surface area contributed by atoms with Crippen LogP contribution in [-0.4, -0.2) is 18.8 Å². The molecule has 0 radical (unpaired) electrons. The number of hydrogen-bond acceptors (Lipinski definition) is 4. The first-order chi connectivity index (χ1) is 10.2. The second kappa shape index (κ2) is 7.59. The van der Waals surface area contributed by atoms with Crippen LogP contribution < -0.4 is 15.8 Å². The van der Waals surface area contributed by atoms with Crippen molar-refractivity contribution in [2.75, 3.05) is 23.9 Å². The van der Waals surface area contributed by atoms with Crippen molar-refractivity contribution in [3.05, 3.63) is 48.5 Å². The van der Waals surface area contributed by atoms with Crippen molar-refractivity contribution in [2.24, 2.45) is 0 Å². The average molecular weight is 302 g/mol. The van der Waals surface area contributed by atoms with E-state index in [4.69, 9.17) is 10.5 Å². The molecule has 110 valence electrons. The Hall–Kier alpha value is -2.14. The maximum absolute atomic E-state index is 11.9. The molecule has 0 aliphatic rings. The summed E-state index contributed by atoms with van der Waals surface area (Å²) in [5.74, 6) is 1.35. The zero-order valence-electron chi connectivity index (χ0n) is 11.8. The first kappa shape index (κ1) is 15.3. The van der Waals surface area contributed by atoms with E-state index < -0.39 is 0 Å². The molecule has 0 aliphatic heterocycles. The fourth-order valence-electron chi connectivity index (χ4n) is 1.77. The second-order valence-corrected chi connectivity index (χ2v) is 5.58. The Kier molecular flexibility index (Phi) is 5.51. The number of benzene rings is 2. The van der Waals surface area contributed by atoms with E-state index in [0.29, 0.717) is 23.5 Å². The quantitative estimate of drug-likeness (QED) is 0.634. The molecule has 0 fully saturated rings. The van der Waals surface area contributed by atoms with Crippen molar-refractivity contribution in [1.29, 1.82) is 0 Å². The summed E-state index contributed by atoms with van der Waals surface area (Å²) in [6, 6.07) is 15.2. The lowest BCUT2D eigenvalue weighted by molar-refractivity contribution is -0.115. The van der Waals surface area contributed by atoms with Crippen LogP contribution >= 0.6 is 11.8 Å². The number of hydrogen-bond donors (Lipinski definition) is 2. The van der Waals surface area contributed by atoms with Gasteiger partial charge in [-0.25, -0.2) is 0 Å². The molecule has 5 heteroatoms. The van der Waals surface area contributed by atoms with Crippen LogP contribution in [-0.2, 0) is 4.79 Å². The summed E-state index contributed by atoms with van der Waals surface area (Å²) in [6.07, 6.45) is 0.436. The van der Waals surface area contributed by atoms with Crippen LogP contribution in [0.5, 0.6) is 5.75 Å². The van der Waals surface area contributed by atoms with Gasteiger partial charge in [-0.2, -0.15) is 0 Å². The molecule has 1 amide bonds. The van der Waals surface area contributed by atoms with Gasteiger partial charge in [-0.3, -0.25) is 4.79 Å². The van der Waals surface area contributed by atoms with Crippen molar-refractivity contribution in [1.82, 2.24) is 0 Å². The van der Waals surface area contributed by atoms with E-state index in [1.165, 1.54) is 0 Å². The second-order valence-electron chi connectivity index (χ2n) is 4.41. The van der Waals surface area contributed by atoms with Crippen LogP contribution in [0.3, 0.4) is 0 Å². The van der Waals surface area contributed by atoms with Crippen molar-refractivity contribution in [2.45, 2.75) is 11.3 Å². The maximum Gasteiger partial charge on any atom is 0.225 e. The lowest BCUT2D eigenvalue weighted by Gasteiger charge is -2.09. The lowest BCUT2D eigenvalue weighted by atomic mass is 10.2. The molecule has 0 unspecified atom stereocenters. The van der Waals surface area contributed by atoms with Gasteiger partial charge in [0.25, 0.3) is 0 Å². The van der Waals surface area contributed by atoms with Crippen molar-refractivity contribution >= 4 is 29.0 Å². The SMILES string of the molecule is COc1ccc(NC(=O)CCSc2ccccc2)c(N)c1. The van der Waals surface area contributed by atoms with Gasteiger partial charge in [-0.15, -0.1) is 11.8 Å². The summed E-state index contributed by atoms with van der Waals surface area (Å²) in [4.78, 5) is 13.1. The molecule has 2 aromatic carbocycles. The fourth-order valence-corrected chi connectivity index (χ4v) is 2.65. The largest absolute Gasteiger partial charge is 0.497 e. The number of thioether (sulfide) groups is 1. The average Bonchev–Trinajstić information content (AvgIpc) is 2.50. The molecule has 2 aromatic rings. The molecule has 21 heavy (non-hydrogen) atoms. The predicted octanol–water partition coefficient (Wildman–Crippen LogP) is 3.40. The van der Waals surface area contributed by atoms with Gasteiger partial charge in [0.15, 0.2) is 0 Å². The molecular weight excluding hydrogens is 284 g/mol. The van der Waals surface area contributed by atoms with E-state index in [9.17, 15) is 4.79 Å². The molecule has 2 rings (SSSR count). The summed E-state index contributed by atoms with van der Waals surface area (Å²) in [6.45, 7) is 0. The van der Waals surface area contributed by atoms with Gasteiger partial charge in [0.2, 0.25) is 5.91 Å². The zero-order chi connectivity index (χ0) is 15.1. The number of rotatable bonds is 6. The summed E-state index contributed by atoms with van der Waals surface area (Å²) < 4.78 is 5.07. The van der Waals surface area contributed by atoms with E-state index >= 15 is 0 Å². The molecule has 0 bridgehead atoms. The van der Waals surface area contributed by atoms with Crippen LogP contribution in [0.4, 0.5) is 11.4 Å². The summed E-state index contributed by atoms with van der Waals surface area (Å²) in [7, 11) is 1.58. The molecule has 0 aliphatic carbocycles. The number of ether oxygens (including phenoxy) is 1. The Morgan fingerprint density at radius 3 is 2.67 bits per heavy atom. The van der Waals surface area contributed by atoms with Gasteiger partial charge in [0.1, 0.15) is 5.75 Å². The normalized spacial score (nSPS) is 10.1. The van der Waals surface area contributed by atoms with Crippen LogP contribution in [0.1, 0.15) is 6.42 Å². The minimum atomic E-state index is -0.0460. The lowest BCUT2D eigenvalue weighted by Crippen LogP contribution is -2.13. The maximum atomic E-state index is 11.9. The monoisotopic (exact) mass is 302 g/mol. The summed E-state index contributed by atoms with van der Waals surface area (Å²) in [5, 5.41) is 2.81. The summed E-state index contributed by atoms with van der Waals surface area (Å²) >= 11 is 1.66. The highest BCUT2D eigenvalue weighted by atomic mass is 32.2. The number of carbonyl (C=O) groups is 1. The van der Waals surface area contributed by atoms with E-state index in [0.717, 1.165) is 10.6 Å². The number of methoxy groups -OCH3 is 1. The smallest absolute Gasteiger partial charge is 0.225 e. The number of amides is 1. The van der Waals surface area contributed by atoms with Gasteiger partial charge in [-0.05, 0) is 24.3 Å². The molecule has 0 spiro atoms. The van der Waals surface area contributed by atoms with Crippen LogP contribution in [0.25, 0.3) is 0 Å². The van der Waals surface area contributed by atoms with E-state index in [1.54, 1.807) is 37.1 Å². The topological polar surface area (TPSA) is 64.3 Å². The molecule has 0 aromatic heterocycles. The first-order valence-corrected chi connectivity index (χ1v) is 7.59. The van der Waals surface area contributed by atoms with Crippen LogP contribution in [0.15, 0.2) is 53.4 Å². The van der Waals surface area contributed by atoms with E-state index in [2.05, 4.69) is 5.32 Å². The Morgan fingerprint density at radius 1 is 1.24 bits per heavy atom. The third kappa shape index (κ3) is 4.72. The van der Waals surface area contributed by atoms with Crippen LogP contribution in [0.2, 0.25) is 0 Å². The molecule has 0 saturated heterocycles. The third-order valence-corrected chi connectivity index (χ3v) is 3.89.